The zero-order valence-electron chi connectivity index (χ0n) is 16.8. The third kappa shape index (κ3) is 3.66. The Kier molecular flexibility index (Phi) is 5.36. The van der Waals surface area contributed by atoms with Gasteiger partial charge in [0.1, 0.15) is 4.83 Å². The Morgan fingerprint density at radius 1 is 1.23 bits per heavy atom. The van der Waals surface area contributed by atoms with E-state index in [2.05, 4.69) is 15.5 Å². The molecule has 1 saturated carbocycles. The normalized spacial score (nSPS) is 16.8. The highest BCUT2D eigenvalue weighted by Crippen LogP contribution is 2.37. The van der Waals surface area contributed by atoms with E-state index < -0.39 is 0 Å². The summed E-state index contributed by atoms with van der Waals surface area (Å²) in [6.45, 7) is 1.69. The first kappa shape index (κ1) is 19.7. The van der Waals surface area contributed by atoms with Gasteiger partial charge in [-0.1, -0.05) is 29.8 Å². The van der Waals surface area contributed by atoms with Crippen LogP contribution < -0.4 is 10.9 Å². The standard InChI is InChI=1S/C20H23N5O3S2/c1-11-21-19(28-24-11)22-15(26)10-29-20-23-17-16(13-8-4-5-9-14(13)30-17)18(27)25(20)12-6-2-3-7-12/h12H,2-10H2,1H3,(H,21,22,24,26). The van der Waals surface area contributed by atoms with Gasteiger partial charge in [0.25, 0.3) is 5.56 Å². The predicted molar refractivity (Wildman–Crippen MR) is 116 cm³/mol. The van der Waals surface area contributed by atoms with Crippen molar-refractivity contribution >= 4 is 45.2 Å². The quantitative estimate of drug-likeness (QED) is 0.470. The van der Waals surface area contributed by atoms with Crippen molar-refractivity contribution in [3.05, 3.63) is 26.6 Å². The molecule has 8 nitrogen and oxygen atoms in total. The monoisotopic (exact) mass is 445 g/mol. The molecule has 0 unspecified atom stereocenters. The number of carbonyl (C=O) groups excluding carboxylic acids is 1. The van der Waals surface area contributed by atoms with Gasteiger partial charge < -0.3 is 4.52 Å². The van der Waals surface area contributed by atoms with Crippen LogP contribution in [0.25, 0.3) is 10.2 Å². The van der Waals surface area contributed by atoms with Crippen molar-refractivity contribution < 1.29 is 9.32 Å². The van der Waals surface area contributed by atoms with E-state index in [9.17, 15) is 9.59 Å². The highest BCUT2D eigenvalue weighted by Gasteiger charge is 2.27. The van der Waals surface area contributed by atoms with Crippen molar-refractivity contribution in [2.45, 2.75) is 69.5 Å². The third-order valence-electron chi connectivity index (χ3n) is 5.78. The molecular weight excluding hydrogens is 422 g/mol. The average molecular weight is 446 g/mol. The van der Waals surface area contributed by atoms with Gasteiger partial charge in [0.05, 0.1) is 11.1 Å². The zero-order valence-corrected chi connectivity index (χ0v) is 18.4. The van der Waals surface area contributed by atoms with E-state index in [4.69, 9.17) is 9.51 Å². The predicted octanol–water partition coefficient (Wildman–Crippen LogP) is 3.87. The second-order valence-electron chi connectivity index (χ2n) is 7.88. The Labute approximate surface area is 181 Å². The molecule has 3 heterocycles. The highest BCUT2D eigenvalue weighted by atomic mass is 32.2. The number of thiophene rings is 1. The van der Waals surface area contributed by atoms with Gasteiger partial charge in [-0.25, -0.2) is 4.98 Å². The van der Waals surface area contributed by atoms with Gasteiger partial charge in [-0.05, 0) is 51.0 Å². The molecule has 0 radical (unpaired) electrons. The van der Waals surface area contributed by atoms with Gasteiger partial charge in [-0.15, -0.1) is 11.3 Å². The minimum absolute atomic E-state index is 0.0711. The molecule has 1 N–H and O–H groups in total. The number of carbonyl (C=O) groups is 1. The van der Waals surface area contributed by atoms with Crippen LogP contribution in [-0.4, -0.2) is 31.4 Å². The topological polar surface area (TPSA) is 103 Å². The fourth-order valence-corrected chi connectivity index (χ4v) is 6.59. The molecule has 0 atom stereocenters. The molecule has 158 valence electrons. The Hall–Kier alpha value is -2.20. The van der Waals surface area contributed by atoms with E-state index in [0.29, 0.717) is 11.0 Å². The zero-order chi connectivity index (χ0) is 20.7. The maximum atomic E-state index is 13.6. The number of amides is 1. The summed E-state index contributed by atoms with van der Waals surface area (Å²) in [7, 11) is 0. The summed E-state index contributed by atoms with van der Waals surface area (Å²) in [4.78, 5) is 37.0. The molecule has 0 saturated heterocycles. The summed E-state index contributed by atoms with van der Waals surface area (Å²) in [5.74, 6) is 0.320. The van der Waals surface area contributed by atoms with Crippen LogP contribution in [0.1, 0.15) is 60.8 Å². The number of hydrogen-bond donors (Lipinski definition) is 1. The molecule has 3 aromatic heterocycles. The van der Waals surface area contributed by atoms with Crippen LogP contribution in [0.5, 0.6) is 0 Å². The van der Waals surface area contributed by atoms with E-state index in [1.165, 1.54) is 28.6 Å². The Morgan fingerprint density at radius 2 is 2.03 bits per heavy atom. The number of hydrogen-bond acceptors (Lipinski definition) is 8. The molecule has 0 spiro atoms. The van der Waals surface area contributed by atoms with E-state index in [1.807, 2.05) is 4.57 Å². The molecule has 30 heavy (non-hydrogen) atoms. The molecule has 3 aromatic rings. The van der Waals surface area contributed by atoms with Crippen molar-refractivity contribution in [3.63, 3.8) is 0 Å². The third-order valence-corrected chi connectivity index (χ3v) is 7.92. The second kappa shape index (κ2) is 8.14. The largest absolute Gasteiger partial charge is 0.328 e. The molecule has 10 heteroatoms. The number of nitrogens with one attached hydrogen (secondary N) is 1. The number of nitrogens with zero attached hydrogens (tertiary/aromatic N) is 4. The number of aromatic nitrogens is 4. The van der Waals surface area contributed by atoms with Gasteiger partial charge in [0, 0.05) is 10.9 Å². The van der Waals surface area contributed by atoms with Gasteiger partial charge in [0.2, 0.25) is 5.91 Å². The second-order valence-corrected chi connectivity index (χ2v) is 9.91. The Morgan fingerprint density at radius 3 is 2.80 bits per heavy atom. The number of rotatable bonds is 5. The lowest BCUT2D eigenvalue weighted by atomic mass is 9.97. The lowest BCUT2D eigenvalue weighted by molar-refractivity contribution is -0.114. The molecule has 0 aliphatic heterocycles. The van der Waals surface area contributed by atoms with Crippen molar-refractivity contribution in [2.24, 2.45) is 0 Å². The maximum absolute atomic E-state index is 13.6. The number of aryl methyl sites for hydroxylation is 3. The summed E-state index contributed by atoms with van der Waals surface area (Å²) in [6.07, 6.45) is 8.53. The van der Waals surface area contributed by atoms with Crippen molar-refractivity contribution in [1.82, 2.24) is 19.7 Å². The van der Waals surface area contributed by atoms with Crippen LogP contribution in [0.2, 0.25) is 0 Å². The number of fused-ring (bicyclic) bond motifs is 3. The molecule has 0 aromatic carbocycles. The molecule has 2 aliphatic carbocycles. The lowest BCUT2D eigenvalue weighted by Crippen LogP contribution is -2.27. The van der Waals surface area contributed by atoms with Crippen LogP contribution in [-0.2, 0) is 17.6 Å². The summed E-state index contributed by atoms with van der Waals surface area (Å²) in [5, 5.41) is 7.72. The number of thioether (sulfide) groups is 1. The Bertz CT molecular complexity index is 1160. The lowest BCUT2D eigenvalue weighted by Gasteiger charge is -2.18. The average Bonchev–Trinajstić information content (AvgIpc) is 3.46. The van der Waals surface area contributed by atoms with Gasteiger partial charge >= 0.3 is 6.01 Å². The van der Waals surface area contributed by atoms with E-state index in [-0.39, 0.29) is 29.3 Å². The van der Waals surface area contributed by atoms with E-state index in [1.54, 1.807) is 18.3 Å². The summed E-state index contributed by atoms with van der Waals surface area (Å²) in [6, 6.07) is 0.248. The fourth-order valence-electron chi connectivity index (χ4n) is 4.42. The van der Waals surface area contributed by atoms with Crippen LogP contribution in [0.4, 0.5) is 6.01 Å². The van der Waals surface area contributed by atoms with Crippen molar-refractivity contribution in [1.29, 1.82) is 0 Å². The molecule has 1 fully saturated rings. The molecule has 2 aliphatic rings. The van der Waals surface area contributed by atoms with Gasteiger partial charge in [-0.2, -0.15) is 4.98 Å². The first-order valence-corrected chi connectivity index (χ1v) is 12.2. The van der Waals surface area contributed by atoms with E-state index in [0.717, 1.165) is 55.2 Å². The summed E-state index contributed by atoms with van der Waals surface area (Å²) >= 11 is 2.95. The number of anilines is 1. The van der Waals surface area contributed by atoms with Crippen LogP contribution in [0.3, 0.4) is 0 Å². The first-order valence-electron chi connectivity index (χ1n) is 10.4. The van der Waals surface area contributed by atoms with Gasteiger partial charge in [0.15, 0.2) is 11.0 Å². The van der Waals surface area contributed by atoms with Crippen molar-refractivity contribution in [3.8, 4) is 0 Å². The van der Waals surface area contributed by atoms with Crippen LogP contribution in [0, 0.1) is 6.92 Å². The first-order chi connectivity index (χ1) is 14.6. The molecule has 1 amide bonds. The van der Waals surface area contributed by atoms with Crippen molar-refractivity contribution in [2.75, 3.05) is 11.1 Å². The summed E-state index contributed by atoms with van der Waals surface area (Å²) in [5.41, 5.74) is 1.29. The van der Waals surface area contributed by atoms with E-state index >= 15 is 0 Å². The minimum Gasteiger partial charge on any atom is -0.315 e. The minimum atomic E-state index is -0.263. The molecule has 5 rings (SSSR count). The smallest absolute Gasteiger partial charge is 0.315 e. The summed E-state index contributed by atoms with van der Waals surface area (Å²) < 4.78 is 6.81. The molecule has 0 bridgehead atoms. The molecular formula is C20H23N5O3S2. The van der Waals surface area contributed by atoms with Crippen LogP contribution in [0.15, 0.2) is 14.5 Å². The van der Waals surface area contributed by atoms with Crippen LogP contribution >= 0.6 is 23.1 Å². The van der Waals surface area contributed by atoms with Gasteiger partial charge in [-0.3, -0.25) is 19.5 Å². The maximum Gasteiger partial charge on any atom is 0.328 e. The highest BCUT2D eigenvalue weighted by molar-refractivity contribution is 7.99. The SMILES string of the molecule is Cc1noc(NC(=O)CSc2nc3sc4c(c3c(=O)n2C2CCCC2)CCCC4)n1. The fraction of sp³-hybridized carbons (Fsp3) is 0.550. The Balaban J connectivity index is 1.47.